The van der Waals surface area contributed by atoms with Crippen molar-refractivity contribution in [3.63, 3.8) is 0 Å². The van der Waals surface area contributed by atoms with Gasteiger partial charge in [-0.1, -0.05) is 42.3 Å². The number of hydrogen-bond donors (Lipinski definition) is 0. The number of rotatable bonds is 6. The minimum Gasteiger partial charge on any atom is -0.459 e. The number of carbonyl (C=O) groups excluding carboxylic acids is 2. The molecule has 3 heteroatoms. The van der Waals surface area contributed by atoms with Crippen LogP contribution in [0.1, 0.15) is 36.0 Å². The van der Waals surface area contributed by atoms with E-state index in [1.807, 2.05) is 24.3 Å². The molecule has 0 spiro atoms. The van der Waals surface area contributed by atoms with Gasteiger partial charge in [0.1, 0.15) is 0 Å². The molecule has 0 aromatic heterocycles. The predicted molar refractivity (Wildman–Crippen MR) is 78.2 cm³/mol. The van der Waals surface area contributed by atoms with E-state index >= 15 is 0 Å². The van der Waals surface area contributed by atoms with Gasteiger partial charge in [0.15, 0.2) is 5.78 Å². The van der Waals surface area contributed by atoms with Crippen molar-refractivity contribution in [2.24, 2.45) is 0 Å². The summed E-state index contributed by atoms with van der Waals surface area (Å²) in [4.78, 5) is 22.4. The van der Waals surface area contributed by atoms with Gasteiger partial charge in [-0.05, 0) is 25.3 Å². The first-order valence-corrected chi connectivity index (χ1v) is 6.57. The number of unbranched alkanes of at least 4 members (excludes halogenated alkanes) is 3. The molecule has 0 amide bonds. The highest BCUT2D eigenvalue weighted by Crippen LogP contribution is 2.03. The van der Waals surface area contributed by atoms with Crippen LogP contribution in [-0.4, -0.2) is 18.9 Å². The maximum atomic E-state index is 11.7. The van der Waals surface area contributed by atoms with Crippen LogP contribution in [0.2, 0.25) is 0 Å². The van der Waals surface area contributed by atoms with Gasteiger partial charge < -0.3 is 4.74 Å². The molecular formula is C17H18O3. The number of methoxy groups -OCH3 is 1. The van der Waals surface area contributed by atoms with E-state index in [-0.39, 0.29) is 5.78 Å². The highest BCUT2D eigenvalue weighted by Gasteiger charge is 1.98. The zero-order chi connectivity index (χ0) is 14.6. The van der Waals surface area contributed by atoms with Crippen LogP contribution in [0.3, 0.4) is 0 Å². The molecule has 0 aliphatic rings. The summed E-state index contributed by atoms with van der Waals surface area (Å²) in [7, 11) is 1.31. The van der Waals surface area contributed by atoms with Crippen molar-refractivity contribution in [1.82, 2.24) is 0 Å². The number of carbonyl (C=O) groups is 2. The Bertz CT molecular complexity index is 518. The average Bonchev–Trinajstić information content (AvgIpc) is 2.50. The Morgan fingerprint density at radius 3 is 2.65 bits per heavy atom. The second-order valence-corrected chi connectivity index (χ2v) is 4.17. The summed E-state index contributed by atoms with van der Waals surface area (Å²) in [6, 6.07) is 9.18. The summed E-state index contributed by atoms with van der Waals surface area (Å²) in [5, 5.41) is 0. The standard InChI is InChI=1S/C17H18O3/c1-20-17(19)14-10-5-3-2-4-9-13-16(18)15-11-7-6-8-12-15/h6-9,11-13H,2-5H2,1H3/b13-9+. The minimum atomic E-state index is -0.502. The summed E-state index contributed by atoms with van der Waals surface area (Å²) in [5.41, 5.74) is 0.702. The molecule has 1 aromatic carbocycles. The highest BCUT2D eigenvalue weighted by molar-refractivity contribution is 6.04. The second-order valence-electron chi connectivity index (χ2n) is 4.17. The van der Waals surface area contributed by atoms with Gasteiger partial charge in [-0.2, -0.15) is 0 Å². The number of hydrogen-bond acceptors (Lipinski definition) is 3. The van der Waals surface area contributed by atoms with Crippen LogP contribution in [0, 0.1) is 11.8 Å². The van der Waals surface area contributed by atoms with E-state index in [2.05, 4.69) is 16.6 Å². The summed E-state index contributed by atoms with van der Waals surface area (Å²) in [6.45, 7) is 0. The first-order chi connectivity index (χ1) is 9.74. The van der Waals surface area contributed by atoms with Crippen molar-refractivity contribution < 1.29 is 14.3 Å². The fourth-order valence-corrected chi connectivity index (χ4v) is 1.55. The second kappa shape index (κ2) is 9.57. The third-order valence-corrected chi connectivity index (χ3v) is 2.63. The van der Waals surface area contributed by atoms with E-state index in [0.717, 1.165) is 19.3 Å². The van der Waals surface area contributed by atoms with E-state index in [0.29, 0.717) is 12.0 Å². The highest BCUT2D eigenvalue weighted by atomic mass is 16.5. The Balaban J connectivity index is 2.18. The van der Waals surface area contributed by atoms with Gasteiger partial charge in [-0.25, -0.2) is 4.79 Å². The summed E-state index contributed by atoms with van der Waals surface area (Å²) < 4.78 is 4.40. The maximum Gasteiger partial charge on any atom is 0.384 e. The lowest BCUT2D eigenvalue weighted by Gasteiger charge is -1.94. The molecule has 0 heterocycles. The lowest BCUT2D eigenvalue weighted by molar-refractivity contribution is -0.133. The van der Waals surface area contributed by atoms with Gasteiger partial charge in [0.05, 0.1) is 7.11 Å². The SMILES string of the molecule is COC(=O)C#CCCCC/C=C/C(=O)c1ccccc1. The molecule has 1 aromatic rings. The molecule has 104 valence electrons. The van der Waals surface area contributed by atoms with E-state index in [1.165, 1.54) is 7.11 Å². The fourth-order valence-electron chi connectivity index (χ4n) is 1.55. The number of benzene rings is 1. The van der Waals surface area contributed by atoms with Crippen LogP contribution in [0.4, 0.5) is 0 Å². The molecular weight excluding hydrogens is 252 g/mol. The molecule has 0 unspecified atom stereocenters. The van der Waals surface area contributed by atoms with E-state index in [1.54, 1.807) is 18.2 Å². The number of allylic oxidation sites excluding steroid dienone is 2. The van der Waals surface area contributed by atoms with Crippen molar-refractivity contribution in [3.8, 4) is 11.8 Å². The molecule has 0 radical (unpaired) electrons. The van der Waals surface area contributed by atoms with E-state index in [4.69, 9.17) is 0 Å². The Kier molecular flexibility index (Phi) is 7.52. The number of esters is 1. The number of ether oxygens (including phenoxy) is 1. The van der Waals surface area contributed by atoms with E-state index < -0.39 is 5.97 Å². The molecule has 1 rings (SSSR count). The topological polar surface area (TPSA) is 43.4 Å². The van der Waals surface area contributed by atoms with Crippen LogP contribution in [0.25, 0.3) is 0 Å². The predicted octanol–water partition coefficient (Wildman–Crippen LogP) is 3.16. The third-order valence-electron chi connectivity index (χ3n) is 2.63. The van der Waals surface area contributed by atoms with Crippen molar-refractivity contribution in [3.05, 3.63) is 48.0 Å². The zero-order valence-corrected chi connectivity index (χ0v) is 11.6. The molecule has 0 fully saturated rings. The van der Waals surface area contributed by atoms with Gasteiger partial charge >= 0.3 is 5.97 Å². The summed E-state index contributed by atoms with van der Waals surface area (Å²) >= 11 is 0. The van der Waals surface area contributed by atoms with Crippen LogP contribution >= 0.6 is 0 Å². The van der Waals surface area contributed by atoms with Crippen molar-refractivity contribution in [1.29, 1.82) is 0 Å². The van der Waals surface area contributed by atoms with Gasteiger partial charge in [0.25, 0.3) is 0 Å². The quantitative estimate of drug-likeness (QED) is 0.199. The third kappa shape index (κ3) is 6.55. The Labute approximate surface area is 119 Å². The first-order valence-electron chi connectivity index (χ1n) is 6.57. The minimum absolute atomic E-state index is 0.0242. The Morgan fingerprint density at radius 1 is 1.20 bits per heavy atom. The Hall–Kier alpha value is -2.34. The largest absolute Gasteiger partial charge is 0.459 e. The van der Waals surface area contributed by atoms with Crippen LogP contribution in [-0.2, 0) is 9.53 Å². The lowest BCUT2D eigenvalue weighted by Crippen LogP contribution is -1.94. The van der Waals surface area contributed by atoms with Crippen molar-refractivity contribution in [2.75, 3.05) is 7.11 Å². The van der Waals surface area contributed by atoms with Gasteiger partial charge in [-0.15, -0.1) is 0 Å². The smallest absolute Gasteiger partial charge is 0.384 e. The monoisotopic (exact) mass is 270 g/mol. The van der Waals surface area contributed by atoms with Crippen LogP contribution in [0.5, 0.6) is 0 Å². The van der Waals surface area contributed by atoms with Crippen LogP contribution < -0.4 is 0 Å². The van der Waals surface area contributed by atoms with Gasteiger partial charge in [0.2, 0.25) is 0 Å². The summed E-state index contributed by atoms with van der Waals surface area (Å²) in [5.74, 6) is 4.65. The molecule has 0 aliphatic heterocycles. The zero-order valence-electron chi connectivity index (χ0n) is 11.6. The van der Waals surface area contributed by atoms with Crippen molar-refractivity contribution >= 4 is 11.8 Å². The first kappa shape index (κ1) is 15.7. The molecule has 3 nitrogen and oxygen atoms in total. The summed E-state index contributed by atoms with van der Waals surface area (Å²) in [6.07, 6.45) is 6.81. The lowest BCUT2D eigenvalue weighted by atomic mass is 10.1. The molecule has 0 saturated carbocycles. The fraction of sp³-hybridized carbons (Fsp3) is 0.294. The molecule has 0 saturated heterocycles. The maximum absolute atomic E-state index is 11.7. The molecule has 0 aliphatic carbocycles. The van der Waals surface area contributed by atoms with Crippen LogP contribution in [0.15, 0.2) is 42.5 Å². The Morgan fingerprint density at radius 2 is 1.95 bits per heavy atom. The molecule has 0 N–H and O–H groups in total. The van der Waals surface area contributed by atoms with E-state index in [9.17, 15) is 9.59 Å². The molecule has 0 bridgehead atoms. The molecule has 0 atom stereocenters. The molecule has 20 heavy (non-hydrogen) atoms. The number of ketones is 1. The van der Waals surface area contributed by atoms with Gasteiger partial charge in [0, 0.05) is 17.9 Å². The van der Waals surface area contributed by atoms with Gasteiger partial charge in [-0.3, -0.25) is 4.79 Å². The average molecular weight is 270 g/mol. The van der Waals surface area contributed by atoms with Crippen molar-refractivity contribution in [2.45, 2.75) is 25.7 Å². The normalized spacial score (nSPS) is 9.85.